The number of aromatic nitrogens is 2. The number of nitrogen functional groups attached to an aromatic ring is 1. The zero-order valence-corrected chi connectivity index (χ0v) is 10.0. The Bertz CT molecular complexity index is 375. The molecule has 2 N–H and O–H groups in total. The van der Waals surface area contributed by atoms with Crippen LogP contribution in [-0.2, 0) is 6.54 Å². The average molecular weight is 227 g/mol. The summed E-state index contributed by atoms with van der Waals surface area (Å²) in [5.41, 5.74) is 5.51. The Morgan fingerprint density at radius 1 is 1.47 bits per heavy atom. The predicted molar refractivity (Wildman–Crippen MR) is 64.2 cm³/mol. The zero-order chi connectivity index (χ0) is 11.3. The number of rotatable bonds is 5. The molecule has 0 atom stereocenters. The second kappa shape index (κ2) is 5.80. The van der Waals surface area contributed by atoms with Crippen LogP contribution in [0.1, 0.15) is 26.7 Å². The van der Waals surface area contributed by atoms with E-state index in [1.54, 1.807) is 16.3 Å². The van der Waals surface area contributed by atoms with Gasteiger partial charge < -0.3 is 5.73 Å². The van der Waals surface area contributed by atoms with Gasteiger partial charge in [0.15, 0.2) is 5.16 Å². The molecule has 0 aliphatic carbocycles. The van der Waals surface area contributed by atoms with Crippen molar-refractivity contribution in [3.05, 3.63) is 16.4 Å². The highest BCUT2D eigenvalue weighted by molar-refractivity contribution is 7.99. The summed E-state index contributed by atoms with van der Waals surface area (Å²) in [5.74, 6) is 1.27. The van der Waals surface area contributed by atoms with Crippen LogP contribution in [0.2, 0.25) is 0 Å². The number of hydrogen-bond acceptors (Lipinski definition) is 4. The number of anilines is 1. The van der Waals surface area contributed by atoms with E-state index in [-0.39, 0.29) is 5.56 Å². The third-order valence-electron chi connectivity index (χ3n) is 1.88. The highest BCUT2D eigenvalue weighted by Gasteiger charge is 2.06. The fourth-order valence-electron chi connectivity index (χ4n) is 1.23. The molecule has 0 amide bonds. The molecule has 1 heterocycles. The Labute approximate surface area is 93.9 Å². The summed E-state index contributed by atoms with van der Waals surface area (Å²) in [6.45, 7) is 4.84. The highest BCUT2D eigenvalue weighted by Crippen LogP contribution is 2.16. The molecule has 1 aromatic rings. The second-order valence-electron chi connectivity index (χ2n) is 3.30. The SMILES string of the molecule is CCCSc1nc(N)cc(=O)n1CCC. The quantitative estimate of drug-likeness (QED) is 0.615. The van der Waals surface area contributed by atoms with Crippen LogP contribution in [0.15, 0.2) is 16.0 Å². The lowest BCUT2D eigenvalue weighted by Gasteiger charge is -2.10. The third-order valence-corrected chi connectivity index (χ3v) is 3.06. The van der Waals surface area contributed by atoms with Crippen molar-refractivity contribution in [2.24, 2.45) is 0 Å². The summed E-state index contributed by atoms with van der Waals surface area (Å²) < 4.78 is 1.69. The van der Waals surface area contributed by atoms with Crippen LogP contribution in [0.5, 0.6) is 0 Å². The number of thioether (sulfide) groups is 1. The number of nitrogens with two attached hydrogens (primary N) is 1. The molecule has 0 radical (unpaired) electrons. The van der Waals surface area contributed by atoms with Gasteiger partial charge in [-0.3, -0.25) is 9.36 Å². The van der Waals surface area contributed by atoms with Crippen molar-refractivity contribution in [3.8, 4) is 0 Å². The van der Waals surface area contributed by atoms with Gasteiger partial charge in [-0.2, -0.15) is 0 Å². The van der Waals surface area contributed by atoms with Crippen molar-refractivity contribution >= 4 is 17.6 Å². The lowest BCUT2D eigenvalue weighted by molar-refractivity contribution is 0.577. The minimum atomic E-state index is -0.0528. The van der Waals surface area contributed by atoms with E-state index >= 15 is 0 Å². The third kappa shape index (κ3) is 3.27. The molecule has 0 aliphatic rings. The molecule has 15 heavy (non-hydrogen) atoms. The molecule has 0 aromatic carbocycles. The molecule has 1 aromatic heterocycles. The van der Waals surface area contributed by atoms with Gasteiger partial charge in [0, 0.05) is 18.4 Å². The van der Waals surface area contributed by atoms with E-state index in [4.69, 9.17) is 5.73 Å². The molecule has 1 rings (SSSR count). The molecule has 84 valence electrons. The van der Waals surface area contributed by atoms with Crippen LogP contribution >= 0.6 is 11.8 Å². The van der Waals surface area contributed by atoms with Crippen LogP contribution in [0.25, 0.3) is 0 Å². The molecular formula is C10H17N3OS. The van der Waals surface area contributed by atoms with Crippen LogP contribution in [-0.4, -0.2) is 15.3 Å². The molecule has 0 spiro atoms. The molecule has 4 nitrogen and oxygen atoms in total. The average Bonchev–Trinajstić information content (AvgIpc) is 2.19. The van der Waals surface area contributed by atoms with Crippen molar-refractivity contribution in [1.29, 1.82) is 0 Å². The summed E-state index contributed by atoms with van der Waals surface area (Å²) in [7, 11) is 0. The van der Waals surface area contributed by atoms with Crippen molar-refractivity contribution in [2.45, 2.75) is 38.4 Å². The summed E-state index contributed by atoms with van der Waals surface area (Å²) in [6, 6.07) is 1.38. The number of nitrogens with zero attached hydrogens (tertiary/aromatic N) is 2. The summed E-state index contributed by atoms with van der Waals surface area (Å²) in [4.78, 5) is 15.8. The van der Waals surface area contributed by atoms with Crippen LogP contribution in [0, 0.1) is 0 Å². The van der Waals surface area contributed by atoms with E-state index in [0.29, 0.717) is 12.4 Å². The molecule has 0 saturated heterocycles. The minimum absolute atomic E-state index is 0.0528. The Balaban J connectivity index is 3.03. The van der Waals surface area contributed by atoms with E-state index in [0.717, 1.165) is 23.8 Å². The van der Waals surface area contributed by atoms with Gasteiger partial charge in [0.2, 0.25) is 0 Å². The first-order valence-electron chi connectivity index (χ1n) is 5.19. The van der Waals surface area contributed by atoms with E-state index in [9.17, 15) is 4.79 Å². The van der Waals surface area contributed by atoms with Gasteiger partial charge in [0.25, 0.3) is 5.56 Å². The van der Waals surface area contributed by atoms with Crippen molar-refractivity contribution in [3.63, 3.8) is 0 Å². The largest absolute Gasteiger partial charge is 0.383 e. The second-order valence-corrected chi connectivity index (χ2v) is 4.36. The van der Waals surface area contributed by atoms with Gasteiger partial charge in [0.05, 0.1) is 0 Å². The molecule has 0 aliphatic heterocycles. The lowest BCUT2D eigenvalue weighted by Crippen LogP contribution is -2.23. The predicted octanol–water partition coefficient (Wildman–Crippen LogP) is 1.74. The summed E-state index contributed by atoms with van der Waals surface area (Å²) in [5, 5.41) is 0.740. The van der Waals surface area contributed by atoms with Crippen molar-refractivity contribution < 1.29 is 0 Å². The zero-order valence-electron chi connectivity index (χ0n) is 9.19. The molecular weight excluding hydrogens is 210 g/mol. The molecule has 0 bridgehead atoms. The first kappa shape index (κ1) is 12.1. The summed E-state index contributed by atoms with van der Waals surface area (Å²) in [6.07, 6.45) is 1.98. The first-order chi connectivity index (χ1) is 7.19. The maximum absolute atomic E-state index is 11.6. The number of hydrogen-bond donors (Lipinski definition) is 1. The van der Waals surface area contributed by atoms with Crippen molar-refractivity contribution in [1.82, 2.24) is 9.55 Å². The highest BCUT2D eigenvalue weighted by atomic mass is 32.2. The van der Waals surface area contributed by atoms with Crippen LogP contribution in [0.3, 0.4) is 0 Å². The Kier molecular flexibility index (Phi) is 4.68. The van der Waals surface area contributed by atoms with Crippen molar-refractivity contribution in [2.75, 3.05) is 11.5 Å². The van der Waals surface area contributed by atoms with Gasteiger partial charge in [-0.1, -0.05) is 25.6 Å². The fraction of sp³-hybridized carbons (Fsp3) is 0.600. The minimum Gasteiger partial charge on any atom is -0.383 e. The van der Waals surface area contributed by atoms with Gasteiger partial charge in [0.1, 0.15) is 5.82 Å². The Hall–Kier alpha value is -0.970. The van der Waals surface area contributed by atoms with E-state index in [1.165, 1.54) is 6.07 Å². The Morgan fingerprint density at radius 2 is 2.20 bits per heavy atom. The van der Waals surface area contributed by atoms with E-state index in [1.807, 2.05) is 6.92 Å². The van der Waals surface area contributed by atoms with Gasteiger partial charge in [-0.15, -0.1) is 0 Å². The van der Waals surface area contributed by atoms with Gasteiger partial charge in [-0.25, -0.2) is 4.98 Å². The molecule has 5 heteroatoms. The maximum atomic E-state index is 11.6. The molecule has 0 saturated carbocycles. The topological polar surface area (TPSA) is 60.9 Å². The molecule has 0 fully saturated rings. The monoisotopic (exact) mass is 227 g/mol. The fourth-order valence-corrected chi connectivity index (χ4v) is 2.13. The van der Waals surface area contributed by atoms with E-state index in [2.05, 4.69) is 11.9 Å². The Morgan fingerprint density at radius 3 is 2.80 bits per heavy atom. The molecule has 0 unspecified atom stereocenters. The van der Waals surface area contributed by atoms with Crippen LogP contribution < -0.4 is 11.3 Å². The summed E-state index contributed by atoms with van der Waals surface area (Å²) >= 11 is 1.59. The lowest BCUT2D eigenvalue weighted by atomic mass is 10.4. The van der Waals surface area contributed by atoms with E-state index < -0.39 is 0 Å². The van der Waals surface area contributed by atoms with Gasteiger partial charge >= 0.3 is 0 Å². The van der Waals surface area contributed by atoms with Gasteiger partial charge in [-0.05, 0) is 12.8 Å². The normalized spacial score (nSPS) is 10.5. The standard InChI is InChI=1S/C10H17N3OS/c1-3-5-13-9(14)7-8(11)12-10(13)15-6-4-2/h7H,3-6,11H2,1-2H3. The van der Waals surface area contributed by atoms with Crippen LogP contribution in [0.4, 0.5) is 5.82 Å². The smallest absolute Gasteiger partial charge is 0.256 e. The first-order valence-corrected chi connectivity index (χ1v) is 6.17. The maximum Gasteiger partial charge on any atom is 0.256 e.